The van der Waals surface area contributed by atoms with Gasteiger partial charge in [-0.1, -0.05) is 157 Å². The van der Waals surface area contributed by atoms with Crippen molar-refractivity contribution < 1.29 is 0 Å². The molecule has 0 aromatic heterocycles. The number of hydrogen-bond donors (Lipinski definition) is 0. The first kappa shape index (κ1) is 27.0. The molecule has 2 aliphatic carbocycles. The van der Waals surface area contributed by atoms with Crippen LogP contribution in [0.25, 0.3) is 66.1 Å². The Morgan fingerprint density at radius 2 is 0.809 bits per heavy atom. The van der Waals surface area contributed by atoms with Crippen LogP contribution in [0, 0.1) is 0 Å². The highest BCUT2D eigenvalue weighted by atomic mass is 35.5. The van der Waals surface area contributed by atoms with Crippen LogP contribution in [-0.4, -0.2) is 0 Å². The Morgan fingerprint density at radius 3 is 1.45 bits per heavy atom. The van der Waals surface area contributed by atoms with Crippen molar-refractivity contribution in [2.75, 3.05) is 0 Å². The zero-order valence-electron chi connectivity index (χ0n) is 25.3. The van der Waals surface area contributed by atoms with Crippen LogP contribution < -0.4 is 0 Å². The van der Waals surface area contributed by atoms with Gasteiger partial charge in [0, 0.05) is 0 Å². The summed E-state index contributed by atoms with van der Waals surface area (Å²) in [7, 11) is 0. The second kappa shape index (κ2) is 9.93. The van der Waals surface area contributed by atoms with Gasteiger partial charge >= 0.3 is 0 Å². The Kier molecular flexibility index (Phi) is 5.71. The molecule has 0 amide bonds. The standard InChI is InChI=1S/C45H26Cl2/c46-43-25-36(38(26-44(43)47)37-23-27-11-1-2-12-29(27)30-13-3-4-14-31(30)37)28-21-22-35-34-17-7-10-20-41(34)45(42(35)24-28)39-18-8-5-15-32(39)33-16-6-9-19-40(33)45/h1-26H. The van der Waals surface area contributed by atoms with Gasteiger partial charge in [0.25, 0.3) is 0 Å². The lowest BCUT2D eigenvalue weighted by molar-refractivity contribution is 0.794. The van der Waals surface area contributed by atoms with E-state index in [1.165, 1.54) is 66.1 Å². The summed E-state index contributed by atoms with van der Waals surface area (Å²) in [5.41, 5.74) is 14.4. The summed E-state index contributed by atoms with van der Waals surface area (Å²) in [6, 6.07) is 57.4. The molecule has 0 bridgehead atoms. The highest BCUT2D eigenvalue weighted by molar-refractivity contribution is 6.42. The maximum atomic E-state index is 6.85. The van der Waals surface area contributed by atoms with E-state index in [1.807, 2.05) is 6.07 Å². The molecule has 8 aromatic rings. The third-order valence-corrected chi connectivity index (χ3v) is 11.1. The van der Waals surface area contributed by atoms with Gasteiger partial charge in [-0.3, -0.25) is 0 Å². The van der Waals surface area contributed by atoms with Crippen molar-refractivity contribution in [3.8, 4) is 44.5 Å². The van der Waals surface area contributed by atoms with Crippen molar-refractivity contribution in [1.82, 2.24) is 0 Å². The molecule has 47 heavy (non-hydrogen) atoms. The van der Waals surface area contributed by atoms with Gasteiger partial charge in [-0.25, -0.2) is 0 Å². The van der Waals surface area contributed by atoms with Gasteiger partial charge < -0.3 is 0 Å². The van der Waals surface area contributed by atoms with Crippen molar-refractivity contribution >= 4 is 44.7 Å². The fraction of sp³-hybridized carbons (Fsp3) is 0.0222. The van der Waals surface area contributed by atoms with Crippen LogP contribution in [0.3, 0.4) is 0 Å². The van der Waals surface area contributed by atoms with Gasteiger partial charge in [-0.05, 0) is 113 Å². The van der Waals surface area contributed by atoms with E-state index in [4.69, 9.17) is 23.2 Å². The number of benzene rings is 8. The monoisotopic (exact) mass is 636 g/mol. The molecule has 2 heteroatoms. The molecule has 0 unspecified atom stereocenters. The Labute approximate surface area is 283 Å². The summed E-state index contributed by atoms with van der Waals surface area (Å²) in [5, 5.41) is 5.94. The van der Waals surface area contributed by atoms with Crippen LogP contribution in [0.1, 0.15) is 22.3 Å². The van der Waals surface area contributed by atoms with E-state index in [2.05, 4.69) is 152 Å². The lowest BCUT2D eigenvalue weighted by Gasteiger charge is -2.30. The molecule has 0 heterocycles. The summed E-state index contributed by atoms with van der Waals surface area (Å²) in [6.45, 7) is 0. The minimum absolute atomic E-state index is 0.416. The molecule has 0 saturated heterocycles. The van der Waals surface area contributed by atoms with Crippen molar-refractivity contribution in [3.05, 3.63) is 190 Å². The predicted octanol–water partition coefficient (Wildman–Crippen LogP) is 13.0. The smallest absolute Gasteiger partial charge is 0.0725 e. The first-order valence-corrected chi connectivity index (χ1v) is 16.7. The van der Waals surface area contributed by atoms with Gasteiger partial charge in [0.1, 0.15) is 0 Å². The van der Waals surface area contributed by atoms with Gasteiger partial charge in [0.05, 0.1) is 15.5 Å². The molecule has 0 atom stereocenters. The first-order valence-electron chi connectivity index (χ1n) is 16.0. The topological polar surface area (TPSA) is 0 Å². The summed E-state index contributed by atoms with van der Waals surface area (Å²) >= 11 is 13.7. The van der Waals surface area contributed by atoms with E-state index in [-0.39, 0.29) is 0 Å². The van der Waals surface area contributed by atoms with Gasteiger partial charge in [-0.2, -0.15) is 0 Å². The maximum Gasteiger partial charge on any atom is 0.0725 e. The molecule has 8 aromatic carbocycles. The molecule has 0 radical (unpaired) electrons. The summed E-state index contributed by atoms with van der Waals surface area (Å²) in [4.78, 5) is 0. The molecule has 2 aliphatic rings. The third-order valence-electron chi connectivity index (χ3n) is 10.4. The van der Waals surface area contributed by atoms with Crippen LogP contribution in [0.2, 0.25) is 10.0 Å². The first-order chi connectivity index (χ1) is 23.1. The average molecular weight is 638 g/mol. The zero-order chi connectivity index (χ0) is 31.3. The van der Waals surface area contributed by atoms with Crippen LogP contribution in [0.4, 0.5) is 0 Å². The highest BCUT2D eigenvalue weighted by Crippen LogP contribution is 2.63. The Balaban J connectivity index is 1.29. The number of fused-ring (bicyclic) bond motifs is 13. The summed E-state index contributed by atoms with van der Waals surface area (Å²) < 4.78 is 0. The minimum Gasteiger partial charge on any atom is -0.0827 e. The van der Waals surface area contributed by atoms with Crippen molar-refractivity contribution in [1.29, 1.82) is 0 Å². The molecule has 0 fully saturated rings. The molecular formula is C45H26Cl2. The largest absolute Gasteiger partial charge is 0.0827 e. The summed E-state index contributed by atoms with van der Waals surface area (Å²) in [6.07, 6.45) is 0. The van der Waals surface area contributed by atoms with Crippen LogP contribution in [0.15, 0.2) is 158 Å². The molecule has 220 valence electrons. The normalized spacial score (nSPS) is 13.5. The second-order valence-electron chi connectivity index (χ2n) is 12.6. The number of rotatable bonds is 2. The number of hydrogen-bond acceptors (Lipinski definition) is 0. The van der Waals surface area contributed by atoms with E-state index in [9.17, 15) is 0 Å². The molecule has 0 aliphatic heterocycles. The van der Waals surface area contributed by atoms with Gasteiger partial charge in [0.15, 0.2) is 0 Å². The highest BCUT2D eigenvalue weighted by Gasteiger charge is 2.51. The third kappa shape index (κ3) is 3.60. The average Bonchev–Trinajstić information content (AvgIpc) is 3.59. The quantitative estimate of drug-likeness (QED) is 0.166. The summed E-state index contributed by atoms with van der Waals surface area (Å²) in [5.74, 6) is 0. The Bertz CT molecular complexity index is 2550. The molecule has 10 rings (SSSR count). The molecular weight excluding hydrogens is 611 g/mol. The van der Waals surface area contributed by atoms with Crippen molar-refractivity contribution in [2.45, 2.75) is 5.41 Å². The van der Waals surface area contributed by atoms with Gasteiger partial charge in [0.2, 0.25) is 0 Å². The van der Waals surface area contributed by atoms with E-state index in [0.717, 1.165) is 22.3 Å². The Hall–Kier alpha value is -5.14. The zero-order valence-corrected chi connectivity index (χ0v) is 26.8. The Morgan fingerprint density at radius 1 is 0.319 bits per heavy atom. The lowest BCUT2D eigenvalue weighted by Crippen LogP contribution is -2.25. The fourth-order valence-electron chi connectivity index (χ4n) is 8.55. The molecule has 1 spiro atoms. The lowest BCUT2D eigenvalue weighted by atomic mass is 9.70. The SMILES string of the molecule is Clc1cc(-c2ccc3c(c2)C2(c4ccccc4-c4ccccc42)c2ccccc2-3)c(-c2cc3ccccc3c3ccccc23)cc1Cl. The van der Waals surface area contributed by atoms with Crippen LogP contribution >= 0.6 is 23.2 Å². The van der Waals surface area contributed by atoms with E-state index >= 15 is 0 Å². The fourth-order valence-corrected chi connectivity index (χ4v) is 8.88. The number of halogens is 2. The maximum absolute atomic E-state index is 6.85. The molecule has 0 nitrogen and oxygen atoms in total. The van der Waals surface area contributed by atoms with Crippen molar-refractivity contribution in [3.63, 3.8) is 0 Å². The molecule has 0 saturated carbocycles. The van der Waals surface area contributed by atoms with E-state index in [1.54, 1.807) is 0 Å². The van der Waals surface area contributed by atoms with E-state index in [0.29, 0.717) is 10.0 Å². The van der Waals surface area contributed by atoms with E-state index < -0.39 is 5.41 Å². The van der Waals surface area contributed by atoms with Crippen LogP contribution in [0.5, 0.6) is 0 Å². The molecule has 0 N–H and O–H groups in total. The van der Waals surface area contributed by atoms with Crippen LogP contribution in [-0.2, 0) is 5.41 Å². The van der Waals surface area contributed by atoms with Gasteiger partial charge in [-0.15, -0.1) is 0 Å². The second-order valence-corrected chi connectivity index (χ2v) is 13.5. The minimum atomic E-state index is -0.416. The van der Waals surface area contributed by atoms with Crippen molar-refractivity contribution in [2.24, 2.45) is 0 Å². The predicted molar refractivity (Wildman–Crippen MR) is 199 cm³/mol.